The number of benzene rings is 1. The second-order valence-electron chi connectivity index (χ2n) is 3.73. The minimum absolute atomic E-state index is 0.189. The number of halogens is 1. The minimum atomic E-state index is -0.352. The van der Waals surface area contributed by atoms with Gasteiger partial charge in [-0.25, -0.2) is 9.37 Å². The molecule has 0 unspecified atom stereocenters. The molecule has 0 aliphatic rings. The predicted molar refractivity (Wildman–Crippen MR) is 59.7 cm³/mol. The Bertz CT molecular complexity index is 552. The van der Waals surface area contributed by atoms with Crippen molar-refractivity contribution in [3.63, 3.8) is 0 Å². The minimum Gasteiger partial charge on any atom is -0.343 e. The van der Waals surface area contributed by atoms with Crippen LogP contribution in [-0.2, 0) is 0 Å². The molecule has 1 aromatic heterocycles. The molecule has 0 aliphatic carbocycles. The fourth-order valence-electron chi connectivity index (χ4n) is 1.44. The van der Waals surface area contributed by atoms with Crippen LogP contribution >= 0.6 is 0 Å². The van der Waals surface area contributed by atoms with Crippen molar-refractivity contribution in [2.45, 2.75) is 0 Å². The molecule has 16 heavy (non-hydrogen) atoms. The quantitative estimate of drug-likeness (QED) is 0.734. The van der Waals surface area contributed by atoms with Gasteiger partial charge in [-0.1, -0.05) is 6.07 Å². The zero-order valence-electron chi connectivity index (χ0n) is 9.07. The van der Waals surface area contributed by atoms with Crippen molar-refractivity contribution < 1.29 is 9.18 Å². The number of carbonyl (C=O) groups excluding carboxylic acids is 1. The van der Waals surface area contributed by atoms with Gasteiger partial charge >= 0.3 is 0 Å². The average Bonchev–Trinajstić information content (AvgIpc) is 2.26. The van der Waals surface area contributed by atoms with Gasteiger partial charge in [0.2, 0.25) is 0 Å². The molecule has 0 fully saturated rings. The molecule has 3 nitrogen and oxygen atoms in total. The highest BCUT2D eigenvalue weighted by molar-refractivity contribution is 5.94. The van der Waals surface area contributed by atoms with Gasteiger partial charge in [-0.15, -0.1) is 0 Å². The SMILES string of the molecule is CN(C)C(=O)c1ccc2ccc(F)cc2n1. The lowest BCUT2D eigenvalue weighted by Crippen LogP contribution is -2.22. The summed E-state index contributed by atoms with van der Waals surface area (Å²) in [7, 11) is 3.31. The average molecular weight is 218 g/mol. The summed E-state index contributed by atoms with van der Waals surface area (Å²) in [6.07, 6.45) is 0. The van der Waals surface area contributed by atoms with Crippen molar-refractivity contribution in [3.05, 3.63) is 41.8 Å². The smallest absolute Gasteiger partial charge is 0.271 e. The van der Waals surface area contributed by atoms with E-state index in [1.54, 1.807) is 32.3 Å². The van der Waals surface area contributed by atoms with E-state index in [1.165, 1.54) is 17.0 Å². The number of rotatable bonds is 1. The molecular formula is C12H11FN2O. The second kappa shape index (κ2) is 3.89. The van der Waals surface area contributed by atoms with Crippen molar-refractivity contribution in [2.24, 2.45) is 0 Å². The Balaban J connectivity index is 2.55. The number of hydrogen-bond donors (Lipinski definition) is 0. The number of fused-ring (bicyclic) bond motifs is 1. The summed E-state index contributed by atoms with van der Waals surface area (Å²) in [6, 6.07) is 7.74. The fraction of sp³-hybridized carbons (Fsp3) is 0.167. The zero-order valence-corrected chi connectivity index (χ0v) is 9.07. The van der Waals surface area contributed by atoms with Crippen molar-refractivity contribution in [1.29, 1.82) is 0 Å². The van der Waals surface area contributed by atoms with Crippen molar-refractivity contribution in [3.8, 4) is 0 Å². The monoisotopic (exact) mass is 218 g/mol. The van der Waals surface area contributed by atoms with Crippen molar-refractivity contribution in [2.75, 3.05) is 14.1 Å². The first-order valence-electron chi connectivity index (χ1n) is 4.86. The molecule has 0 N–H and O–H groups in total. The lowest BCUT2D eigenvalue weighted by atomic mass is 10.2. The Labute approximate surface area is 92.5 Å². The summed E-state index contributed by atoms with van der Waals surface area (Å²) in [5.74, 6) is -0.541. The lowest BCUT2D eigenvalue weighted by molar-refractivity contribution is 0.0822. The fourth-order valence-corrected chi connectivity index (χ4v) is 1.44. The Morgan fingerprint density at radius 3 is 2.62 bits per heavy atom. The summed E-state index contributed by atoms with van der Waals surface area (Å²) in [5.41, 5.74) is 0.816. The topological polar surface area (TPSA) is 33.2 Å². The van der Waals surface area contributed by atoms with Crippen molar-refractivity contribution in [1.82, 2.24) is 9.88 Å². The van der Waals surface area contributed by atoms with E-state index in [9.17, 15) is 9.18 Å². The highest BCUT2D eigenvalue weighted by atomic mass is 19.1. The van der Waals surface area contributed by atoms with E-state index in [-0.39, 0.29) is 11.7 Å². The van der Waals surface area contributed by atoms with E-state index >= 15 is 0 Å². The van der Waals surface area contributed by atoms with Crippen LogP contribution in [0.25, 0.3) is 10.9 Å². The zero-order chi connectivity index (χ0) is 11.7. The molecule has 82 valence electrons. The molecule has 0 spiro atoms. The lowest BCUT2D eigenvalue weighted by Gasteiger charge is -2.09. The molecule has 0 saturated carbocycles. The van der Waals surface area contributed by atoms with Crippen LogP contribution in [0.2, 0.25) is 0 Å². The molecule has 4 heteroatoms. The molecule has 0 aliphatic heterocycles. The first-order valence-corrected chi connectivity index (χ1v) is 4.86. The first kappa shape index (κ1) is 10.5. The third kappa shape index (κ3) is 1.86. The maximum atomic E-state index is 13.0. The number of hydrogen-bond acceptors (Lipinski definition) is 2. The number of nitrogens with zero attached hydrogens (tertiary/aromatic N) is 2. The molecule has 0 atom stereocenters. The number of pyridine rings is 1. The summed E-state index contributed by atoms with van der Waals surface area (Å²) >= 11 is 0. The Hall–Kier alpha value is -1.97. The molecule has 1 aromatic carbocycles. The summed E-state index contributed by atoms with van der Waals surface area (Å²) in [6.45, 7) is 0. The van der Waals surface area contributed by atoms with E-state index in [1.807, 2.05) is 0 Å². The van der Waals surface area contributed by atoms with Crippen LogP contribution in [0.5, 0.6) is 0 Å². The van der Waals surface area contributed by atoms with Gasteiger partial charge in [0.05, 0.1) is 5.52 Å². The van der Waals surface area contributed by atoms with Crippen LogP contribution in [-0.4, -0.2) is 29.9 Å². The van der Waals surface area contributed by atoms with Gasteiger partial charge < -0.3 is 4.90 Å². The maximum absolute atomic E-state index is 13.0. The van der Waals surface area contributed by atoms with Gasteiger partial charge in [0.15, 0.2) is 0 Å². The van der Waals surface area contributed by atoms with E-state index in [0.717, 1.165) is 5.39 Å². The molecule has 0 radical (unpaired) electrons. The largest absolute Gasteiger partial charge is 0.343 e. The van der Waals surface area contributed by atoms with Crippen LogP contribution in [0.1, 0.15) is 10.5 Å². The molecule has 1 heterocycles. The van der Waals surface area contributed by atoms with E-state index in [4.69, 9.17) is 0 Å². The Kier molecular flexibility index (Phi) is 2.56. The van der Waals surface area contributed by atoms with Crippen LogP contribution in [0.15, 0.2) is 30.3 Å². The van der Waals surface area contributed by atoms with Gasteiger partial charge in [-0.05, 0) is 18.2 Å². The van der Waals surface area contributed by atoms with Gasteiger partial charge in [-0.2, -0.15) is 0 Å². The highest BCUT2D eigenvalue weighted by Gasteiger charge is 2.10. The van der Waals surface area contributed by atoms with Gasteiger partial charge in [-0.3, -0.25) is 4.79 Å². The van der Waals surface area contributed by atoms with Crippen LogP contribution in [0.3, 0.4) is 0 Å². The first-order chi connectivity index (χ1) is 7.58. The normalized spacial score (nSPS) is 10.4. The molecule has 2 aromatic rings. The van der Waals surface area contributed by atoms with Gasteiger partial charge in [0, 0.05) is 25.5 Å². The van der Waals surface area contributed by atoms with E-state index in [2.05, 4.69) is 4.98 Å². The van der Waals surface area contributed by atoms with Crippen LogP contribution < -0.4 is 0 Å². The molecule has 0 saturated heterocycles. The summed E-state index contributed by atoms with van der Waals surface area (Å²) in [4.78, 5) is 17.2. The van der Waals surface area contributed by atoms with Crippen LogP contribution in [0, 0.1) is 5.82 Å². The van der Waals surface area contributed by atoms with Gasteiger partial charge in [0.1, 0.15) is 11.5 Å². The summed E-state index contributed by atoms with van der Waals surface area (Å²) in [5, 5.41) is 0.816. The Morgan fingerprint density at radius 1 is 1.25 bits per heavy atom. The number of amides is 1. The van der Waals surface area contributed by atoms with E-state index in [0.29, 0.717) is 11.2 Å². The highest BCUT2D eigenvalue weighted by Crippen LogP contribution is 2.14. The number of aromatic nitrogens is 1. The molecular weight excluding hydrogens is 207 g/mol. The molecule has 0 bridgehead atoms. The third-order valence-electron chi connectivity index (χ3n) is 2.28. The molecule has 2 rings (SSSR count). The standard InChI is InChI=1S/C12H11FN2O/c1-15(2)12(16)10-6-4-8-3-5-9(13)7-11(8)14-10/h3-7H,1-2H3. The van der Waals surface area contributed by atoms with Crippen LogP contribution in [0.4, 0.5) is 4.39 Å². The predicted octanol–water partition coefficient (Wildman–Crippen LogP) is 2.08. The van der Waals surface area contributed by atoms with E-state index < -0.39 is 0 Å². The second-order valence-corrected chi connectivity index (χ2v) is 3.73. The van der Waals surface area contributed by atoms with Gasteiger partial charge in [0.25, 0.3) is 5.91 Å². The molecule has 1 amide bonds. The summed E-state index contributed by atoms with van der Waals surface area (Å²) < 4.78 is 13.0. The third-order valence-corrected chi connectivity index (χ3v) is 2.28. The Morgan fingerprint density at radius 2 is 1.94 bits per heavy atom. The van der Waals surface area contributed by atoms with Crippen molar-refractivity contribution >= 4 is 16.8 Å². The number of carbonyl (C=O) groups is 1. The maximum Gasteiger partial charge on any atom is 0.271 e.